The Morgan fingerprint density at radius 3 is 2.82 bits per heavy atom. The third-order valence-corrected chi connectivity index (χ3v) is 3.02. The topological polar surface area (TPSA) is 75.3 Å². The number of halogens is 1. The fourth-order valence-corrected chi connectivity index (χ4v) is 1.97. The Labute approximate surface area is 98.6 Å². The number of benzene rings is 1. The van der Waals surface area contributed by atoms with Gasteiger partial charge in [-0.2, -0.15) is 0 Å². The molecular weight excluding hydrogens is 223 g/mol. The molecule has 1 aromatic rings. The summed E-state index contributed by atoms with van der Waals surface area (Å²) < 4.78 is 13.3. The summed E-state index contributed by atoms with van der Waals surface area (Å²) in [5, 5.41) is 11.7. The molecule has 1 aliphatic carbocycles. The Kier molecular flexibility index (Phi) is 3.28. The lowest BCUT2D eigenvalue weighted by Gasteiger charge is -2.32. The fourth-order valence-electron chi connectivity index (χ4n) is 1.97. The van der Waals surface area contributed by atoms with Gasteiger partial charge in [0.2, 0.25) is 0 Å². The van der Waals surface area contributed by atoms with E-state index in [2.05, 4.69) is 5.32 Å². The number of hydrogen-bond acceptors (Lipinski definition) is 3. The van der Waals surface area contributed by atoms with Crippen LogP contribution < -0.4 is 11.1 Å². The van der Waals surface area contributed by atoms with Gasteiger partial charge in [-0.05, 0) is 30.9 Å². The van der Waals surface area contributed by atoms with E-state index in [0.29, 0.717) is 12.5 Å². The van der Waals surface area contributed by atoms with Gasteiger partial charge >= 0.3 is 0 Å². The van der Waals surface area contributed by atoms with Crippen LogP contribution in [0.15, 0.2) is 18.2 Å². The van der Waals surface area contributed by atoms with Crippen molar-refractivity contribution < 1.29 is 14.3 Å². The SMILES string of the molecule is NC1CC(CNC(=O)c2ccc(O)cc2F)C1. The van der Waals surface area contributed by atoms with Crippen LogP contribution in [-0.4, -0.2) is 23.6 Å². The monoisotopic (exact) mass is 238 g/mol. The van der Waals surface area contributed by atoms with E-state index in [0.717, 1.165) is 18.9 Å². The number of phenolic OH excluding ortho intramolecular Hbond substituents is 1. The first kappa shape index (κ1) is 11.9. The van der Waals surface area contributed by atoms with Gasteiger partial charge < -0.3 is 16.2 Å². The molecule has 1 aromatic carbocycles. The van der Waals surface area contributed by atoms with E-state index in [-0.39, 0.29) is 17.4 Å². The first-order chi connectivity index (χ1) is 8.06. The Morgan fingerprint density at radius 1 is 1.53 bits per heavy atom. The van der Waals surface area contributed by atoms with Crippen molar-refractivity contribution in [1.82, 2.24) is 5.32 Å². The lowest BCUT2D eigenvalue weighted by Crippen LogP contribution is -2.42. The maximum atomic E-state index is 13.3. The summed E-state index contributed by atoms with van der Waals surface area (Å²) in [4.78, 5) is 11.6. The van der Waals surface area contributed by atoms with Crippen LogP contribution in [0.2, 0.25) is 0 Å². The number of nitrogens with two attached hydrogens (primary N) is 1. The number of nitrogens with one attached hydrogen (secondary N) is 1. The van der Waals surface area contributed by atoms with Crippen LogP contribution in [0, 0.1) is 11.7 Å². The number of phenols is 1. The molecule has 0 aromatic heterocycles. The van der Waals surface area contributed by atoms with Crippen molar-refractivity contribution in [2.75, 3.05) is 6.54 Å². The molecule has 92 valence electrons. The van der Waals surface area contributed by atoms with Gasteiger partial charge in [0.25, 0.3) is 5.91 Å². The molecule has 4 N–H and O–H groups in total. The van der Waals surface area contributed by atoms with E-state index in [1.54, 1.807) is 0 Å². The molecule has 0 unspecified atom stereocenters. The van der Waals surface area contributed by atoms with Crippen molar-refractivity contribution in [3.63, 3.8) is 0 Å². The highest BCUT2D eigenvalue weighted by Crippen LogP contribution is 2.24. The largest absolute Gasteiger partial charge is 0.508 e. The molecule has 1 aliphatic rings. The van der Waals surface area contributed by atoms with Crippen molar-refractivity contribution in [2.45, 2.75) is 18.9 Å². The van der Waals surface area contributed by atoms with Crippen molar-refractivity contribution in [2.24, 2.45) is 11.7 Å². The molecule has 0 atom stereocenters. The van der Waals surface area contributed by atoms with Crippen molar-refractivity contribution in [3.05, 3.63) is 29.6 Å². The van der Waals surface area contributed by atoms with Crippen molar-refractivity contribution in [3.8, 4) is 5.75 Å². The summed E-state index contributed by atoms with van der Waals surface area (Å²) in [7, 11) is 0. The molecule has 17 heavy (non-hydrogen) atoms. The highest BCUT2D eigenvalue weighted by atomic mass is 19.1. The lowest BCUT2D eigenvalue weighted by molar-refractivity contribution is 0.0931. The minimum atomic E-state index is -0.715. The first-order valence-corrected chi connectivity index (χ1v) is 5.58. The Balaban J connectivity index is 1.91. The van der Waals surface area contributed by atoms with Gasteiger partial charge in [-0.3, -0.25) is 4.79 Å². The number of carbonyl (C=O) groups is 1. The average molecular weight is 238 g/mol. The zero-order valence-corrected chi connectivity index (χ0v) is 9.32. The molecule has 5 heteroatoms. The molecule has 0 radical (unpaired) electrons. The molecule has 4 nitrogen and oxygen atoms in total. The van der Waals surface area contributed by atoms with E-state index in [9.17, 15) is 9.18 Å². The van der Waals surface area contributed by atoms with Crippen LogP contribution in [0.4, 0.5) is 4.39 Å². The minimum Gasteiger partial charge on any atom is -0.508 e. The van der Waals surface area contributed by atoms with Crippen LogP contribution in [0.1, 0.15) is 23.2 Å². The van der Waals surface area contributed by atoms with E-state index < -0.39 is 11.7 Å². The van der Waals surface area contributed by atoms with Crippen LogP contribution in [-0.2, 0) is 0 Å². The number of amides is 1. The van der Waals surface area contributed by atoms with Crippen molar-refractivity contribution >= 4 is 5.91 Å². The zero-order valence-electron chi connectivity index (χ0n) is 9.32. The lowest BCUT2D eigenvalue weighted by atomic mass is 9.81. The molecule has 0 aliphatic heterocycles. The molecular formula is C12H15FN2O2. The molecule has 1 fully saturated rings. The van der Waals surface area contributed by atoms with Crippen molar-refractivity contribution in [1.29, 1.82) is 0 Å². The maximum Gasteiger partial charge on any atom is 0.254 e. The highest BCUT2D eigenvalue weighted by molar-refractivity contribution is 5.94. The van der Waals surface area contributed by atoms with E-state index >= 15 is 0 Å². The van der Waals surface area contributed by atoms with E-state index in [1.807, 2.05) is 0 Å². The maximum absolute atomic E-state index is 13.3. The van der Waals surface area contributed by atoms with Gasteiger partial charge in [-0.1, -0.05) is 0 Å². The number of hydrogen-bond donors (Lipinski definition) is 3. The van der Waals surface area contributed by atoms with Crippen LogP contribution in [0.3, 0.4) is 0 Å². The molecule has 1 amide bonds. The molecule has 0 bridgehead atoms. The predicted octanol–water partition coefficient (Wildman–Crippen LogP) is 0.998. The quantitative estimate of drug-likeness (QED) is 0.735. The zero-order chi connectivity index (χ0) is 12.4. The van der Waals surface area contributed by atoms with Crippen LogP contribution in [0.5, 0.6) is 5.75 Å². The third-order valence-electron chi connectivity index (χ3n) is 3.02. The second-order valence-electron chi connectivity index (χ2n) is 4.47. The molecule has 1 saturated carbocycles. The summed E-state index contributed by atoms with van der Waals surface area (Å²) in [6.07, 6.45) is 1.80. The summed E-state index contributed by atoms with van der Waals surface area (Å²) in [5.74, 6) is -0.964. The summed E-state index contributed by atoms with van der Waals surface area (Å²) in [5.41, 5.74) is 5.58. The number of carbonyl (C=O) groups excluding carboxylic acids is 1. The third kappa shape index (κ3) is 2.74. The molecule has 0 heterocycles. The Morgan fingerprint density at radius 2 is 2.24 bits per heavy atom. The minimum absolute atomic E-state index is 0.0496. The second-order valence-corrected chi connectivity index (χ2v) is 4.47. The van der Waals surface area contributed by atoms with E-state index in [1.165, 1.54) is 12.1 Å². The predicted molar refractivity (Wildman–Crippen MR) is 61.1 cm³/mol. The number of aromatic hydroxyl groups is 1. The summed E-state index contributed by atoms with van der Waals surface area (Å²) >= 11 is 0. The average Bonchev–Trinajstić information content (AvgIpc) is 2.22. The van der Waals surface area contributed by atoms with Crippen LogP contribution >= 0.6 is 0 Å². The van der Waals surface area contributed by atoms with E-state index in [4.69, 9.17) is 10.8 Å². The standard InChI is InChI=1S/C12H15FN2O2/c13-11-5-9(16)1-2-10(11)12(17)15-6-7-3-8(14)4-7/h1-2,5,7-8,16H,3-4,6,14H2,(H,15,17). The van der Waals surface area contributed by atoms with Gasteiger partial charge in [0.05, 0.1) is 5.56 Å². The smallest absolute Gasteiger partial charge is 0.254 e. The normalized spacial score (nSPS) is 22.9. The van der Waals surface area contributed by atoms with Gasteiger partial charge in [0, 0.05) is 18.7 Å². The van der Waals surface area contributed by atoms with Gasteiger partial charge in [-0.15, -0.1) is 0 Å². The second kappa shape index (κ2) is 4.71. The molecule has 0 spiro atoms. The Hall–Kier alpha value is -1.62. The van der Waals surface area contributed by atoms with Gasteiger partial charge in [0.15, 0.2) is 0 Å². The molecule has 0 saturated heterocycles. The van der Waals surface area contributed by atoms with Gasteiger partial charge in [0.1, 0.15) is 11.6 Å². The summed E-state index contributed by atoms with van der Waals surface area (Å²) in [6.45, 7) is 0.521. The highest BCUT2D eigenvalue weighted by Gasteiger charge is 2.26. The molecule has 2 rings (SSSR count). The summed E-state index contributed by atoms with van der Waals surface area (Å²) in [6, 6.07) is 3.72. The first-order valence-electron chi connectivity index (χ1n) is 5.58. The Bertz CT molecular complexity index is 431. The van der Waals surface area contributed by atoms with Gasteiger partial charge in [-0.25, -0.2) is 4.39 Å². The van der Waals surface area contributed by atoms with Crippen LogP contribution in [0.25, 0.3) is 0 Å². The number of rotatable bonds is 3. The fraction of sp³-hybridized carbons (Fsp3) is 0.417.